The number of halogens is 1. The molecule has 0 aliphatic carbocycles. The monoisotopic (exact) mass is 474 g/mol. The summed E-state index contributed by atoms with van der Waals surface area (Å²) < 4.78 is 16.7. The van der Waals surface area contributed by atoms with Crippen LogP contribution in [0.1, 0.15) is 21.5 Å². The second-order valence-electron chi connectivity index (χ2n) is 7.39. The van der Waals surface area contributed by atoms with Crippen LogP contribution in [-0.2, 0) is 6.61 Å². The number of nitrogens with zero attached hydrogens (tertiary/aromatic N) is 1. The molecule has 0 saturated heterocycles. The van der Waals surface area contributed by atoms with Crippen LogP contribution in [0.25, 0.3) is 10.8 Å². The quantitative estimate of drug-likeness (QED) is 0.257. The van der Waals surface area contributed by atoms with Gasteiger partial charge in [-0.2, -0.15) is 5.10 Å². The Morgan fingerprint density at radius 3 is 2.32 bits per heavy atom. The SMILES string of the molecule is COc1cc(C=NNC(=O)c2cc3ccccc3cc2OC)ccc1OCc1ccccc1Cl. The van der Waals surface area contributed by atoms with Crippen molar-refractivity contribution < 1.29 is 19.0 Å². The highest BCUT2D eigenvalue weighted by Crippen LogP contribution is 2.29. The Hall–Kier alpha value is -4.03. The first kappa shape index (κ1) is 23.1. The molecule has 0 heterocycles. The number of carbonyl (C=O) groups is 1. The molecule has 1 amide bonds. The van der Waals surface area contributed by atoms with Crippen molar-refractivity contribution in [3.63, 3.8) is 0 Å². The van der Waals surface area contributed by atoms with Crippen molar-refractivity contribution in [3.05, 3.63) is 101 Å². The first-order valence-corrected chi connectivity index (χ1v) is 10.9. The van der Waals surface area contributed by atoms with Gasteiger partial charge in [0.2, 0.25) is 0 Å². The Balaban J connectivity index is 1.45. The summed E-state index contributed by atoms with van der Waals surface area (Å²) in [5.41, 5.74) is 4.57. The van der Waals surface area contributed by atoms with Gasteiger partial charge in [-0.3, -0.25) is 4.79 Å². The summed E-state index contributed by atoms with van der Waals surface area (Å²) in [5.74, 6) is 1.22. The minimum Gasteiger partial charge on any atom is -0.496 e. The Bertz CT molecular complexity index is 1350. The number of hydrogen-bond acceptors (Lipinski definition) is 5. The molecule has 4 aromatic rings. The maximum absolute atomic E-state index is 12.7. The number of hydrazone groups is 1. The molecule has 172 valence electrons. The highest BCUT2D eigenvalue weighted by atomic mass is 35.5. The lowest BCUT2D eigenvalue weighted by Crippen LogP contribution is -2.18. The first-order chi connectivity index (χ1) is 16.6. The van der Waals surface area contributed by atoms with Crippen LogP contribution in [0.15, 0.2) is 84.0 Å². The Morgan fingerprint density at radius 1 is 0.882 bits per heavy atom. The fourth-order valence-electron chi connectivity index (χ4n) is 3.45. The van der Waals surface area contributed by atoms with Gasteiger partial charge in [0, 0.05) is 10.6 Å². The van der Waals surface area contributed by atoms with Crippen LogP contribution in [0.5, 0.6) is 17.2 Å². The molecular formula is C27H23ClN2O4. The minimum atomic E-state index is -0.370. The summed E-state index contributed by atoms with van der Waals surface area (Å²) in [5, 5.41) is 6.66. The summed E-state index contributed by atoms with van der Waals surface area (Å²) in [6, 6.07) is 24.3. The molecule has 7 heteroatoms. The van der Waals surface area contributed by atoms with Crippen molar-refractivity contribution in [2.24, 2.45) is 5.10 Å². The number of nitrogens with one attached hydrogen (secondary N) is 1. The lowest BCUT2D eigenvalue weighted by atomic mass is 10.1. The van der Waals surface area contributed by atoms with Crippen molar-refractivity contribution in [1.29, 1.82) is 0 Å². The maximum Gasteiger partial charge on any atom is 0.275 e. The molecule has 0 unspecified atom stereocenters. The Kier molecular flexibility index (Phi) is 7.30. The van der Waals surface area contributed by atoms with Crippen molar-refractivity contribution in [2.75, 3.05) is 14.2 Å². The van der Waals surface area contributed by atoms with E-state index in [9.17, 15) is 4.79 Å². The number of rotatable bonds is 8. The van der Waals surface area contributed by atoms with Gasteiger partial charge in [0.05, 0.1) is 26.0 Å². The van der Waals surface area contributed by atoms with Crippen LogP contribution < -0.4 is 19.6 Å². The van der Waals surface area contributed by atoms with Gasteiger partial charge in [0.15, 0.2) is 11.5 Å². The molecule has 0 aromatic heterocycles. The summed E-state index contributed by atoms with van der Waals surface area (Å²) in [7, 11) is 3.10. The van der Waals surface area contributed by atoms with E-state index in [0.29, 0.717) is 34.4 Å². The van der Waals surface area contributed by atoms with E-state index < -0.39 is 0 Å². The van der Waals surface area contributed by atoms with E-state index in [1.165, 1.54) is 13.3 Å². The van der Waals surface area contributed by atoms with Crippen LogP contribution in [0.3, 0.4) is 0 Å². The summed E-state index contributed by atoms with van der Waals surface area (Å²) in [4.78, 5) is 12.7. The third kappa shape index (κ3) is 5.30. The van der Waals surface area contributed by atoms with Gasteiger partial charge < -0.3 is 14.2 Å². The van der Waals surface area contributed by atoms with Crippen LogP contribution >= 0.6 is 11.6 Å². The zero-order chi connectivity index (χ0) is 23.9. The summed E-state index contributed by atoms with van der Waals surface area (Å²) in [6.45, 7) is 0.313. The normalized spacial score (nSPS) is 10.9. The molecular weight excluding hydrogens is 452 g/mol. The molecule has 4 rings (SSSR count). The number of carbonyl (C=O) groups excluding carboxylic acids is 1. The van der Waals surface area contributed by atoms with Gasteiger partial charge in [-0.1, -0.05) is 54.1 Å². The molecule has 0 fully saturated rings. The predicted octanol–water partition coefficient (Wildman–Crippen LogP) is 5.85. The molecule has 6 nitrogen and oxygen atoms in total. The van der Waals surface area contributed by atoms with E-state index in [2.05, 4.69) is 10.5 Å². The predicted molar refractivity (Wildman–Crippen MR) is 134 cm³/mol. The van der Waals surface area contributed by atoms with Gasteiger partial charge >= 0.3 is 0 Å². The molecule has 0 atom stereocenters. The lowest BCUT2D eigenvalue weighted by Gasteiger charge is -2.12. The minimum absolute atomic E-state index is 0.313. The number of hydrogen-bond donors (Lipinski definition) is 1. The first-order valence-electron chi connectivity index (χ1n) is 10.5. The van der Waals surface area contributed by atoms with Gasteiger partial charge in [-0.05, 0) is 52.7 Å². The molecule has 0 bridgehead atoms. The van der Waals surface area contributed by atoms with Crippen LogP contribution in [0.2, 0.25) is 5.02 Å². The highest BCUT2D eigenvalue weighted by Gasteiger charge is 2.13. The number of amides is 1. The number of benzene rings is 4. The molecule has 0 aliphatic heterocycles. The number of methoxy groups -OCH3 is 2. The van der Waals surface area contributed by atoms with Crippen molar-refractivity contribution in [2.45, 2.75) is 6.61 Å². The summed E-state index contributed by atoms with van der Waals surface area (Å²) >= 11 is 6.19. The second kappa shape index (κ2) is 10.7. The third-order valence-corrected chi connectivity index (χ3v) is 5.59. The zero-order valence-electron chi connectivity index (χ0n) is 18.7. The standard InChI is InChI=1S/C27H23ClN2O4/c1-32-25-15-20-8-4-3-7-19(20)14-22(25)27(31)30-29-16-18-11-12-24(26(13-18)33-2)34-17-21-9-5-6-10-23(21)28/h3-16H,17H2,1-2H3,(H,30,31). The van der Waals surface area contributed by atoms with E-state index in [-0.39, 0.29) is 5.91 Å². The van der Waals surface area contributed by atoms with Crippen molar-refractivity contribution in [3.8, 4) is 17.2 Å². The van der Waals surface area contributed by atoms with Crippen LogP contribution in [0, 0.1) is 0 Å². The molecule has 34 heavy (non-hydrogen) atoms. The van der Waals surface area contributed by atoms with Gasteiger partial charge in [0.1, 0.15) is 12.4 Å². The van der Waals surface area contributed by atoms with E-state index in [1.54, 1.807) is 25.3 Å². The zero-order valence-corrected chi connectivity index (χ0v) is 19.5. The fourth-order valence-corrected chi connectivity index (χ4v) is 3.64. The average molecular weight is 475 g/mol. The largest absolute Gasteiger partial charge is 0.496 e. The van der Waals surface area contributed by atoms with Gasteiger partial charge in [-0.25, -0.2) is 5.43 Å². The number of ether oxygens (including phenoxy) is 3. The Labute approximate surface area is 202 Å². The van der Waals surface area contributed by atoms with Crippen LogP contribution in [-0.4, -0.2) is 26.3 Å². The highest BCUT2D eigenvalue weighted by molar-refractivity contribution is 6.31. The molecule has 4 aromatic carbocycles. The maximum atomic E-state index is 12.7. The second-order valence-corrected chi connectivity index (χ2v) is 7.80. The van der Waals surface area contributed by atoms with Gasteiger partial charge in [-0.15, -0.1) is 0 Å². The Morgan fingerprint density at radius 2 is 1.59 bits per heavy atom. The lowest BCUT2D eigenvalue weighted by molar-refractivity contribution is 0.0952. The molecule has 0 spiro atoms. The van der Waals surface area contributed by atoms with Crippen molar-refractivity contribution in [1.82, 2.24) is 5.43 Å². The number of fused-ring (bicyclic) bond motifs is 1. The summed E-state index contributed by atoms with van der Waals surface area (Å²) in [6.07, 6.45) is 1.53. The van der Waals surface area contributed by atoms with E-state index in [4.69, 9.17) is 25.8 Å². The van der Waals surface area contributed by atoms with E-state index in [1.807, 2.05) is 60.7 Å². The topological polar surface area (TPSA) is 69.2 Å². The average Bonchev–Trinajstić information content (AvgIpc) is 2.87. The molecule has 1 N–H and O–H groups in total. The fraction of sp³-hybridized carbons (Fsp3) is 0.111. The molecule has 0 saturated carbocycles. The van der Waals surface area contributed by atoms with E-state index >= 15 is 0 Å². The van der Waals surface area contributed by atoms with Crippen LogP contribution in [0.4, 0.5) is 0 Å². The van der Waals surface area contributed by atoms with E-state index in [0.717, 1.165) is 21.9 Å². The third-order valence-electron chi connectivity index (χ3n) is 5.22. The van der Waals surface area contributed by atoms with Gasteiger partial charge in [0.25, 0.3) is 5.91 Å². The molecule has 0 radical (unpaired) electrons. The van der Waals surface area contributed by atoms with Crippen molar-refractivity contribution >= 4 is 34.5 Å². The smallest absolute Gasteiger partial charge is 0.275 e. The molecule has 0 aliphatic rings.